The first-order chi connectivity index (χ1) is 8.60. The van der Waals surface area contributed by atoms with E-state index < -0.39 is 4.92 Å². The van der Waals surface area contributed by atoms with E-state index in [0.717, 1.165) is 0 Å². The molecule has 0 unspecified atom stereocenters. The molecule has 1 heterocycles. The van der Waals surface area contributed by atoms with Crippen molar-refractivity contribution in [1.82, 2.24) is 9.97 Å². The zero-order valence-corrected chi connectivity index (χ0v) is 9.29. The molecule has 18 heavy (non-hydrogen) atoms. The van der Waals surface area contributed by atoms with Crippen molar-refractivity contribution in [3.63, 3.8) is 0 Å². The molecule has 1 aromatic heterocycles. The molecule has 0 spiro atoms. The van der Waals surface area contributed by atoms with Gasteiger partial charge in [0.2, 0.25) is 0 Å². The van der Waals surface area contributed by atoms with E-state index in [1.807, 2.05) is 0 Å². The van der Waals surface area contributed by atoms with Crippen LogP contribution in [0.4, 0.5) is 5.69 Å². The third-order valence-corrected chi connectivity index (χ3v) is 2.33. The molecule has 0 amide bonds. The lowest BCUT2D eigenvalue weighted by Gasteiger charge is -2.02. The second-order valence-electron chi connectivity index (χ2n) is 3.60. The van der Waals surface area contributed by atoms with E-state index in [-0.39, 0.29) is 23.6 Å². The van der Waals surface area contributed by atoms with E-state index >= 15 is 0 Å². The molecule has 2 rings (SSSR count). The Hall–Kier alpha value is -2.54. The van der Waals surface area contributed by atoms with Gasteiger partial charge >= 0.3 is 0 Å². The number of nitrogens with two attached hydrogens (primary N) is 1. The first-order valence-corrected chi connectivity index (χ1v) is 5.15. The minimum atomic E-state index is -0.506. The monoisotopic (exact) mass is 246 g/mol. The van der Waals surface area contributed by atoms with Gasteiger partial charge in [0, 0.05) is 30.3 Å². The molecule has 0 saturated heterocycles. The highest BCUT2D eigenvalue weighted by Crippen LogP contribution is 2.20. The lowest BCUT2D eigenvalue weighted by Crippen LogP contribution is -2.12. The molecule has 2 aromatic rings. The highest BCUT2D eigenvalue weighted by molar-refractivity contribution is 5.58. The third-order valence-electron chi connectivity index (χ3n) is 2.33. The molecule has 7 heteroatoms. The van der Waals surface area contributed by atoms with Gasteiger partial charge < -0.3 is 10.7 Å². The van der Waals surface area contributed by atoms with Gasteiger partial charge in [-0.05, 0) is 0 Å². The number of hydrogen-bond acceptors (Lipinski definition) is 5. The summed E-state index contributed by atoms with van der Waals surface area (Å²) in [4.78, 5) is 28.2. The molecule has 1 aromatic carbocycles. The third kappa shape index (κ3) is 2.41. The predicted octanol–water partition coefficient (Wildman–Crippen LogP) is 0.804. The van der Waals surface area contributed by atoms with E-state index in [0.29, 0.717) is 11.3 Å². The summed E-state index contributed by atoms with van der Waals surface area (Å²) in [5.74, 6) is 0.270. The predicted molar refractivity (Wildman–Crippen MR) is 64.8 cm³/mol. The molecule has 0 aliphatic carbocycles. The Morgan fingerprint density at radius 2 is 2.17 bits per heavy atom. The fourth-order valence-electron chi connectivity index (χ4n) is 1.52. The fraction of sp³-hybridized carbons (Fsp3) is 0.0909. The Morgan fingerprint density at radius 3 is 2.83 bits per heavy atom. The Labute approximate surface area is 101 Å². The number of rotatable bonds is 3. The van der Waals surface area contributed by atoms with Crippen molar-refractivity contribution in [3.05, 3.63) is 56.5 Å². The van der Waals surface area contributed by atoms with Gasteiger partial charge in [0.15, 0.2) is 0 Å². The molecule has 3 N–H and O–H groups in total. The largest absolute Gasteiger partial charge is 0.325 e. The van der Waals surface area contributed by atoms with Gasteiger partial charge in [-0.2, -0.15) is 0 Å². The molecule has 0 saturated carbocycles. The van der Waals surface area contributed by atoms with Crippen molar-refractivity contribution in [2.45, 2.75) is 6.54 Å². The average molecular weight is 246 g/mol. The van der Waals surface area contributed by atoms with Crippen molar-refractivity contribution in [2.75, 3.05) is 0 Å². The van der Waals surface area contributed by atoms with Crippen LogP contribution in [0.2, 0.25) is 0 Å². The summed E-state index contributed by atoms with van der Waals surface area (Å²) in [6.45, 7) is 0.131. The van der Waals surface area contributed by atoms with Crippen LogP contribution < -0.4 is 11.3 Å². The quantitative estimate of drug-likeness (QED) is 0.614. The van der Waals surface area contributed by atoms with E-state index in [2.05, 4.69) is 9.97 Å². The molecule has 0 aliphatic heterocycles. The van der Waals surface area contributed by atoms with Crippen LogP contribution in [0.5, 0.6) is 0 Å². The van der Waals surface area contributed by atoms with Crippen molar-refractivity contribution < 1.29 is 4.92 Å². The number of nitrogens with one attached hydrogen (secondary N) is 1. The number of benzene rings is 1. The highest BCUT2D eigenvalue weighted by atomic mass is 16.6. The summed E-state index contributed by atoms with van der Waals surface area (Å²) in [6.07, 6.45) is 0. The Bertz CT molecular complexity index is 651. The van der Waals surface area contributed by atoms with Crippen molar-refractivity contribution in [2.24, 2.45) is 5.73 Å². The zero-order chi connectivity index (χ0) is 13.1. The number of nitro benzene ring substituents is 1. The minimum absolute atomic E-state index is 0.0618. The maximum atomic E-state index is 11.4. The standard InChI is InChI=1S/C11H10N4O3/c12-6-8-5-10(16)14-11(13-8)7-2-1-3-9(4-7)15(17)18/h1-5H,6,12H2,(H,13,14,16). The van der Waals surface area contributed by atoms with Gasteiger partial charge in [0.1, 0.15) is 5.82 Å². The zero-order valence-electron chi connectivity index (χ0n) is 9.29. The van der Waals surface area contributed by atoms with Gasteiger partial charge in [-0.25, -0.2) is 4.98 Å². The van der Waals surface area contributed by atoms with E-state index in [4.69, 9.17) is 5.73 Å². The van der Waals surface area contributed by atoms with Crippen LogP contribution in [0.1, 0.15) is 5.69 Å². The Kier molecular flexibility index (Phi) is 3.16. The SMILES string of the molecule is NCc1cc(=O)[nH]c(-c2cccc([N+](=O)[O-])c2)n1. The number of aromatic amines is 1. The average Bonchev–Trinajstić information content (AvgIpc) is 2.38. The minimum Gasteiger partial charge on any atom is -0.325 e. The molecular weight excluding hydrogens is 236 g/mol. The second kappa shape index (κ2) is 4.76. The van der Waals surface area contributed by atoms with E-state index in [1.165, 1.54) is 24.3 Å². The molecule has 0 aliphatic rings. The molecule has 7 nitrogen and oxygen atoms in total. The number of nitro groups is 1. The summed E-state index contributed by atoms with van der Waals surface area (Å²) in [6, 6.07) is 7.17. The van der Waals surface area contributed by atoms with Gasteiger partial charge in [0.25, 0.3) is 11.2 Å². The first kappa shape index (κ1) is 11.9. The first-order valence-electron chi connectivity index (χ1n) is 5.15. The molecule has 0 atom stereocenters. The number of non-ortho nitro benzene ring substituents is 1. The van der Waals surface area contributed by atoms with Crippen LogP contribution in [-0.4, -0.2) is 14.9 Å². The highest BCUT2D eigenvalue weighted by Gasteiger charge is 2.09. The van der Waals surface area contributed by atoms with Crippen LogP contribution in [0, 0.1) is 10.1 Å². The Morgan fingerprint density at radius 1 is 1.39 bits per heavy atom. The Balaban J connectivity index is 2.54. The second-order valence-corrected chi connectivity index (χ2v) is 3.60. The van der Waals surface area contributed by atoms with Gasteiger partial charge in [-0.3, -0.25) is 14.9 Å². The van der Waals surface area contributed by atoms with E-state index in [1.54, 1.807) is 6.07 Å². The summed E-state index contributed by atoms with van der Waals surface area (Å²) < 4.78 is 0. The van der Waals surface area contributed by atoms with Crippen LogP contribution in [0.25, 0.3) is 11.4 Å². The van der Waals surface area contributed by atoms with Crippen LogP contribution in [-0.2, 0) is 6.54 Å². The van der Waals surface area contributed by atoms with Gasteiger partial charge in [0.05, 0.1) is 10.6 Å². The maximum absolute atomic E-state index is 11.4. The van der Waals surface area contributed by atoms with Crippen molar-refractivity contribution >= 4 is 5.69 Å². The molecule has 0 bridgehead atoms. The topological polar surface area (TPSA) is 115 Å². The van der Waals surface area contributed by atoms with Crippen LogP contribution in [0.15, 0.2) is 35.1 Å². The summed E-state index contributed by atoms with van der Waals surface area (Å²) in [7, 11) is 0. The smallest absolute Gasteiger partial charge is 0.270 e. The normalized spacial score (nSPS) is 10.3. The number of hydrogen-bond donors (Lipinski definition) is 2. The number of H-pyrrole nitrogens is 1. The van der Waals surface area contributed by atoms with Gasteiger partial charge in [-0.1, -0.05) is 12.1 Å². The molecule has 0 fully saturated rings. The lowest BCUT2D eigenvalue weighted by atomic mass is 10.2. The number of aromatic nitrogens is 2. The molecule has 0 radical (unpaired) electrons. The van der Waals surface area contributed by atoms with Crippen molar-refractivity contribution in [3.8, 4) is 11.4 Å². The van der Waals surface area contributed by atoms with Gasteiger partial charge in [-0.15, -0.1) is 0 Å². The van der Waals surface area contributed by atoms with Crippen molar-refractivity contribution in [1.29, 1.82) is 0 Å². The summed E-state index contributed by atoms with van der Waals surface area (Å²) >= 11 is 0. The van der Waals surface area contributed by atoms with Crippen LogP contribution in [0.3, 0.4) is 0 Å². The molecule has 92 valence electrons. The maximum Gasteiger partial charge on any atom is 0.270 e. The van der Waals surface area contributed by atoms with Crippen LogP contribution >= 0.6 is 0 Å². The molecular formula is C11H10N4O3. The summed E-state index contributed by atoms with van der Waals surface area (Å²) in [5, 5.41) is 10.7. The van der Waals surface area contributed by atoms with E-state index in [9.17, 15) is 14.9 Å². The fourth-order valence-corrected chi connectivity index (χ4v) is 1.52. The lowest BCUT2D eigenvalue weighted by molar-refractivity contribution is -0.384. The number of nitrogens with zero attached hydrogens (tertiary/aromatic N) is 2. The summed E-state index contributed by atoms with van der Waals surface area (Å²) in [5.41, 5.74) is 5.92.